The summed E-state index contributed by atoms with van der Waals surface area (Å²) >= 11 is 0. The maximum atomic E-state index is 11.9. The molecule has 0 radical (unpaired) electrons. The molecule has 2 aliphatic rings. The molecule has 17 heavy (non-hydrogen) atoms. The minimum atomic E-state index is -0.441. The molecule has 0 saturated carbocycles. The van der Waals surface area contributed by atoms with Gasteiger partial charge in [-0.1, -0.05) is 0 Å². The van der Waals surface area contributed by atoms with Crippen LogP contribution in [0.5, 0.6) is 0 Å². The van der Waals surface area contributed by atoms with Gasteiger partial charge in [-0.05, 0) is 20.8 Å². The highest BCUT2D eigenvalue weighted by Gasteiger charge is 2.42. The molecule has 5 nitrogen and oxygen atoms in total. The molecule has 2 heterocycles. The van der Waals surface area contributed by atoms with Crippen molar-refractivity contribution < 1.29 is 14.3 Å². The van der Waals surface area contributed by atoms with E-state index in [2.05, 4.69) is 0 Å². The minimum absolute atomic E-state index is 0.0428. The van der Waals surface area contributed by atoms with Gasteiger partial charge in [0.2, 0.25) is 0 Å². The van der Waals surface area contributed by atoms with Crippen molar-refractivity contribution in [2.24, 2.45) is 17.6 Å². The fraction of sp³-hybridized carbons (Fsp3) is 0.917. The molecule has 0 spiro atoms. The predicted octanol–water partition coefficient (Wildman–Crippen LogP) is 0.827. The van der Waals surface area contributed by atoms with E-state index in [1.807, 2.05) is 20.8 Å². The lowest BCUT2D eigenvalue weighted by molar-refractivity contribution is 0.0208. The van der Waals surface area contributed by atoms with Gasteiger partial charge in [-0.15, -0.1) is 0 Å². The van der Waals surface area contributed by atoms with Crippen molar-refractivity contribution in [1.29, 1.82) is 0 Å². The van der Waals surface area contributed by atoms with Crippen LogP contribution >= 0.6 is 0 Å². The number of nitrogens with zero attached hydrogens (tertiary/aromatic N) is 1. The second-order valence-corrected chi connectivity index (χ2v) is 6.01. The van der Waals surface area contributed by atoms with Crippen molar-refractivity contribution >= 4 is 6.09 Å². The van der Waals surface area contributed by atoms with E-state index in [0.29, 0.717) is 38.1 Å². The highest BCUT2D eigenvalue weighted by Crippen LogP contribution is 2.30. The minimum Gasteiger partial charge on any atom is -0.444 e. The highest BCUT2D eigenvalue weighted by atomic mass is 16.6. The van der Waals surface area contributed by atoms with Gasteiger partial charge in [-0.2, -0.15) is 0 Å². The van der Waals surface area contributed by atoms with Crippen LogP contribution in [-0.4, -0.2) is 48.9 Å². The molecule has 3 atom stereocenters. The van der Waals surface area contributed by atoms with Gasteiger partial charge in [0, 0.05) is 31.0 Å². The second kappa shape index (κ2) is 4.46. The van der Waals surface area contributed by atoms with Gasteiger partial charge in [0.25, 0.3) is 0 Å². The first-order valence-electron chi connectivity index (χ1n) is 6.18. The summed E-state index contributed by atoms with van der Waals surface area (Å²) in [7, 11) is 0. The van der Waals surface area contributed by atoms with E-state index in [1.54, 1.807) is 4.90 Å². The van der Waals surface area contributed by atoms with E-state index < -0.39 is 5.60 Å². The van der Waals surface area contributed by atoms with Crippen molar-refractivity contribution in [3.05, 3.63) is 0 Å². The Hall–Kier alpha value is -0.810. The third-order valence-electron chi connectivity index (χ3n) is 3.34. The second-order valence-electron chi connectivity index (χ2n) is 6.01. The Kier molecular flexibility index (Phi) is 3.32. The Bertz CT molecular complexity index is 301. The van der Waals surface area contributed by atoms with Crippen LogP contribution in [0.3, 0.4) is 0 Å². The third kappa shape index (κ3) is 2.90. The van der Waals surface area contributed by atoms with Gasteiger partial charge in [-0.3, -0.25) is 0 Å². The quantitative estimate of drug-likeness (QED) is 0.683. The zero-order chi connectivity index (χ0) is 12.6. The van der Waals surface area contributed by atoms with Gasteiger partial charge in [0.15, 0.2) is 0 Å². The summed E-state index contributed by atoms with van der Waals surface area (Å²) in [4.78, 5) is 13.7. The normalized spacial score (nSPS) is 33.4. The Morgan fingerprint density at radius 2 is 2.06 bits per heavy atom. The van der Waals surface area contributed by atoms with Gasteiger partial charge < -0.3 is 20.1 Å². The van der Waals surface area contributed by atoms with E-state index in [1.165, 1.54) is 0 Å². The summed E-state index contributed by atoms with van der Waals surface area (Å²) in [5.74, 6) is 0.725. The van der Waals surface area contributed by atoms with Crippen LogP contribution in [0.15, 0.2) is 0 Å². The lowest BCUT2D eigenvalue weighted by atomic mass is 9.88. The molecule has 98 valence electrons. The van der Waals surface area contributed by atoms with Crippen LogP contribution < -0.4 is 5.73 Å². The Balaban J connectivity index is 1.95. The molecule has 5 heteroatoms. The van der Waals surface area contributed by atoms with E-state index >= 15 is 0 Å². The summed E-state index contributed by atoms with van der Waals surface area (Å²) in [6.07, 6.45) is -0.237. The average molecular weight is 242 g/mol. The van der Waals surface area contributed by atoms with Crippen molar-refractivity contribution in [3.63, 3.8) is 0 Å². The van der Waals surface area contributed by atoms with Crippen LogP contribution in [0.2, 0.25) is 0 Å². The standard InChI is InChI=1S/C12H22N2O3/c1-12(2,3)17-11(15)14-4-8-6-16-7-10(13)9(8)5-14/h8-10H,4-7,13H2,1-3H3/t8-,9-,10-/m1/s1. The first-order valence-corrected chi connectivity index (χ1v) is 6.18. The summed E-state index contributed by atoms with van der Waals surface area (Å²) in [6, 6.07) is 0.0428. The van der Waals surface area contributed by atoms with Gasteiger partial charge in [-0.25, -0.2) is 4.79 Å². The molecular formula is C12H22N2O3. The Morgan fingerprint density at radius 3 is 2.65 bits per heavy atom. The van der Waals surface area contributed by atoms with Crippen molar-refractivity contribution in [3.8, 4) is 0 Å². The monoisotopic (exact) mass is 242 g/mol. The highest BCUT2D eigenvalue weighted by molar-refractivity contribution is 5.68. The van der Waals surface area contributed by atoms with Crippen LogP contribution in [-0.2, 0) is 9.47 Å². The summed E-state index contributed by atoms with van der Waals surface area (Å²) in [5.41, 5.74) is 5.56. The van der Waals surface area contributed by atoms with Crippen molar-refractivity contribution in [1.82, 2.24) is 4.90 Å². The van der Waals surface area contributed by atoms with Crippen LogP contribution in [0.4, 0.5) is 4.79 Å². The maximum Gasteiger partial charge on any atom is 0.410 e. The summed E-state index contributed by atoms with van der Waals surface area (Å²) in [5, 5.41) is 0. The molecule has 2 N–H and O–H groups in total. The van der Waals surface area contributed by atoms with Gasteiger partial charge in [0.05, 0.1) is 13.2 Å². The molecule has 0 aliphatic carbocycles. The molecule has 0 aromatic carbocycles. The fourth-order valence-electron chi connectivity index (χ4n) is 2.51. The zero-order valence-electron chi connectivity index (χ0n) is 10.8. The molecule has 0 aromatic rings. The van der Waals surface area contributed by atoms with E-state index in [0.717, 1.165) is 0 Å². The molecule has 2 rings (SSSR count). The summed E-state index contributed by atoms with van der Waals surface area (Å²) in [6.45, 7) is 8.34. The maximum absolute atomic E-state index is 11.9. The predicted molar refractivity (Wildman–Crippen MR) is 63.6 cm³/mol. The summed E-state index contributed by atoms with van der Waals surface area (Å²) < 4.78 is 10.8. The van der Waals surface area contributed by atoms with Gasteiger partial charge in [0.1, 0.15) is 5.60 Å². The Labute approximate surface area is 102 Å². The number of carbonyl (C=O) groups is 1. The number of likely N-dealkylation sites (tertiary alicyclic amines) is 1. The number of amides is 1. The van der Waals surface area contributed by atoms with Crippen LogP contribution in [0.25, 0.3) is 0 Å². The molecular weight excluding hydrogens is 220 g/mol. The molecule has 0 unspecified atom stereocenters. The van der Waals surface area contributed by atoms with E-state index in [4.69, 9.17) is 15.2 Å². The van der Waals surface area contributed by atoms with Crippen LogP contribution in [0, 0.1) is 11.8 Å². The fourth-order valence-corrected chi connectivity index (χ4v) is 2.51. The number of fused-ring (bicyclic) bond motifs is 1. The number of carbonyl (C=O) groups excluding carboxylic acids is 1. The SMILES string of the molecule is CC(C)(C)OC(=O)N1C[C@@H]2COC[C@@H](N)[C@@H]2C1. The zero-order valence-corrected chi connectivity index (χ0v) is 10.8. The number of rotatable bonds is 0. The average Bonchev–Trinajstić information content (AvgIpc) is 2.60. The molecule has 2 aliphatic heterocycles. The molecule has 0 bridgehead atoms. The number of ether oxygens (including phenoxy) is 2. The Morgan fingerprint density at radius 1 is 1.35 bits per heavy atom. The molecule has 0 aromatic heterocycles. The molecule has 2 fully saturated rings. The lowest BCUT2D eigenvalue weighted by Crippen LogP contribution is -2.44. The number of hydrogen-bond acceptors (Lipinski definition) is 4. The van der Waals surface area contributed by atoms with Gasteiger partial charge >= 0.3 is 6.09 Å². The van der Waals surface area contributed by atoms with Crippen molar-refractivity contribution in [2.75, 3.05) is 26.3 Å². The smallest absolute Gasteiger partial charge is 0.410 e. The molecule has 1 amide bonds. The third-order valence-corrected chi connectivity index (χ3v) is 3.34. The largest absolute Gasteiger partial charge is 0.444 e. The number of hydrogen-bond donors (Lipinski definition) is 1. The first kappa shape index (κ1) is 12.6. The lowest BCUT2D eigenvalue weighted by Gasteiger charge is -2.29. The van der Waals surface area contributed by atoms with Crippen LogP contribution in [0.1, 0.15) is 20.8 Å². The van der Waals surface area contributed by atoms with E-state index in [9.17, 15) is 4.79 Å². The molecule has 2 saturated heterocycles. The topological polar surface area (TPSA) is 64.8 Å². The van der Waals surface area contributed by atoms with E-state index in [-0.39, 0.29) is 12.1 Å². The number of nitrogens with two attached hydrogens (primary N) is 1. The van der Waals surface area contributed by atoms with Crippen molar-refractivity contribution in [2.45, 2.75) is 32.4 Å². The first-order chi connectivity index (χ1) is 7.87.